The van der Waals surface area contributed by atoms with Crippen LogP contribution >= 0.6 is 0 Å². The summed E-state index contributed by atoms with van der Waals surface area (Å²) in [6.07, 6.45) is -0.0553. The minimum atomic E-state index is -3.92. The van der Waals surface area contributed by atoms with Gasteiger partial charge in [-0.3, -0.25) is 0 Å². The third-order valence-corrected chi connectivity index (χ3v) is 2.44. The number of sulfonamides is 1. The number of hydrogen-bond donors (Lipinski definition) is 1. The molecular weight excluding hydrogens is 207 g/mol. The van der Waals surface area contributed by atoms with Crippen LogP contribution in [0.5, 0.6) is 0 Å². The van der Waals surface area contributed by atoms with Crippen molar-refractivity contribution in [2.24, 2.45) is 5.14 Å². The Kier molecular flexibility index (Phi) is 2.84. The monoisotopic (exact) mass is 214 g/mol. The highest BCUT2D eigenvalue weighted by Gasteiger charge is 2.10. The minimum absolute atomic E-state index is 0.0553. The molecule has 6 heteroatoms. The van der Waals surface area contributed by atoms with E-state index in [0.717, 1.165) is 12.1 Å². The summed E-state index contributed by atoms with van der Waals surface area (Å²) in [6.45, 7) is 0. The Morgan fingerprint density at radius 3 is 2.57 bits per heavy atom. The van der Waals surface area contributed by atoms with Crippen LogP contribution in [0.3, 0.4) is 0 Å². The van der Waals surface area contributed by atoms with Crippen molar-refractivity contribution >= 4 is 10.0 Å². The molecular formula is C8H7FN2O2S. The number of nitrogens with zero attached hydrogens (tertiary/aromatic N) is 1. The van der Waals surface area contributed by atoms with Gasteiger partial charge in [0.15, 0.2) is 0 Å². The van der Waals surface area contributed by atoms with Crippen LogP contribution in [0.4, 0.5) is 4.39 Å². The summed E-state index contributed by atoms with van der Waals surface area (Å²) in [6, 6.07) is 4.88. The van der Waals surface area contributed by atoms with Crippen molar-refractivity contribution < 1.29 is 12.8 Å². The second-order valence-corrected chi connectivity index (χ2v) is 4.24. The Balaban J connectivity index is 3.29. The predicted molar refractivity (Wildman–Crippen MR) is 47.1 cm³/mol. The quantitative estimate of drug-likeness (QED) is 0.779. The van der Waals surface area contributed by atoms with Gasteiger partial charge in [0.1, 0.15) is 5.82 Å². The summed E-state index contributed by atoms with van der Waals surface area (Å²) in [4.78, 5) is -0.317. The van der Waals surface area contributed by atoms with E-state index in [9.17, 15) is 12.8 Å². The summed E-state index contributed by atoms with van der Waals surface area (Å²) in [5.74, 6) is -0.721. The van der Waals surface area contributed by atoms with Crippen LogP contribution in [0.15, 0.2) is 23.1 Å². The molecule has 0 saturated carbocycles. The van der Waals surface area contributed by atoms with Crippen LogP contribution < -0.4 is 5.14 Å². The van der Waals surface area contributed by atoms with Crippen molar-refractivity contribution in [3.63, 3.8) is 0 Å². The molecule has 0 aliphatic heterocycles. The fraction of sp³-hybridized carbons (Fsp3) is 0.125. The van der Waals surface area contributed by atoms with Crippen LogP contribution in [0, 0.1) is 17.1 Å². The van der Waals surface area contributed by atoms with Crippen molar-refractivity contribution in [3.8, 4) is 6.07 Å². The van der Waals surface area contributed by atoms with E-state index < -0.39 is 15.8 Å². The van der Waals surface area contributed by atoms with Gasteiger partial charge in [-0.1, -0.05) is 0 Å². The van der Waals surface area contributed by atoms with Gasteiger partial charge in [0, 0.05) is 0 Å². The number of nitriles is 1. The second kappa shape index (κ2) is 3.74. The van der Waals surface area contributed by atoms with Crippen molar-refractivity contribution in [1.82, 2.24) is 0 Å². The maximum atomic E-state index is 12.9. The predicted octanol–water partition coefficient (Wildman–Crippen LogP) is 0.539. The van der Waals surface area contributed by atoms with Crippen LogP contribution in [-0.4, -0.2) is 8.42 Å². The largest absolute Gasteiger partial charge is 0.238 e. The smallest absolute Gasteiger partial charge is 0.225 e. The molecule has 4 nitrogen and oxygen atoms in total. The van der Waals surface area contributed by atoms with E-state index in [4.69, 9.17) is 10.4 Å². The number of primary sulfonamides is 1. The first-order valence-electron chi connectivity index (χ1n) is 3.62. The highest BCUT2D eigenvalue weighted by Crippen LogP contribution is 2.13. The number of halogens is 1. The van der Waals surface area contributed by atoms with Gasteiger partial charge in [0.05, 0.1) is 17.4 Å². The van der Waals surface area contributed by atoms with Gasteiger partial charge >= 0.3 is 0 Å². The Labute approximate surface area is 80.8 Å². The lowest BCUT2D eigenvalue weighted by atomic mass is 10.2. The summed E-state index contributed by atoms with van der Waals surface area (Å²) in [5, 5.41) is 13.2. The van der Waals surface area contributed by atoms with Crippen LogP contribution in [0.25, 0.3) is 0 Å². The molecule has 0 spiro atoms. The lowest BCUT2D eigenvalue weighted by molar-refractivity contribution is 0.591. The number of hydrogen-bond acceptors (Lipinski definition) is 3. The third-order valence-electron chi connectivity index (χ3n) is 1.54. The van der Waals surface area contributed by atoms with Gasteiger partial charge in [0.2, 0.25) is 10.0 Å². The Morgan fingerprint density at radius 1 is 1.43 bits per heavy atom. The van der Waals surface area contributed by atoms with Gasteiger partial charge in [0.25, 0.3) is 0 Å². The first-order chi connectivity index (χ1) is 6.43. The molecule has 0 aromatic heterocycles. The molecule has 0 saturated heterocycles. The first kappa shape index (κ1) is 10.6. The molecule has 1 aromatic carbocycles. The molecule has 0 radical (unpaired) electrons. The second-order valence-electron chi connectivity index (χ2n) is 2.68. The zero-order valence-electron chi connectivity index (χ0n) is 7.07. The summed E-state index contributed by atoms with van der Waals surface area (Å²) in [7, 11) is -3.92. The lowest BCUT2D eigenvalue weighted by Gasteiger charge is -2.00. The standard InChI is InChI=1S/C8H7FN2O2S/c9-7-3-6(1-2-10)4-8(5-7)14(11,12)13/h3-5H,1H2,(H2,11,12,13). The summed E-state index contributed by atoms with van der Waals surface area (Å²) >= 11 is 0. The summed E-state index contributed by atoms with van der Waals surface area (Å²) < 4.78 is 34.6. The van der Waals surface area contributed by atoms with E-state index in [1.165, 1.54) is 6.07 Å². The molecule has 0 unspecified atom stereocenters. The Bertz CT molecular complexity index is 491. The van der Waals surface area contributed by atoms with Gasteiger partial charge in [-0.15, -0.1) is 0 Å². The van der Waals surface area contributed by atoms with Crippen LogP contribution in [-0.2, 0) is 16.4 Å². The van der Waals surface area contributed by atoms with E-state index in [2.05, 4.69) is 0 Å². The normalized spacial score (nSPS) is 10.9. The maximum Gasteiger partial charge on any atom is 0.238 e. The number of rotatable bonds is 2. The van der Waals surface area contributed by atoms with Crippen LogP contribution in [0.1, 0.15) is 5.56 Å². The highest BCUT2D eigenvalue weighted by atomic mass is 32.2. The van der Waals surface area contributed by atoms with E-state index in [1.54, 1.807) is 6.07 Å². The number of benzene rings is 1. The first-order valence-corrected chi connectivity index (χ1v) is 5.17. The van der Waals surface area contributed by atoms with Gasteiger partial charge in [-0.2, -0.15) is 5.26 Å². The Hall–Kier alpha value is -1.45. The molecule has 0 aliphatic rings. The van der Waals surface area contributed by atoms with Gasteiger partial charge in [-0.25, -0.2) is 17.9 Å². The molecule has 0 fully saturated rings. The van der Waals surface area contributed by atoms with Crippen molar-refractivity contribution in [1.29, 1.82) is 5.26 Å². The van der Waals surface area contributed by atoms with Crippen molar-refractivity contribution in [2.75, 3.05) is 0 Å². The van der Waals surface area contributed by atoms with Crippen LogP contribution in [0.2, 0.25) is 0 Å². The van der Waals surface area contributed by atoms with E-state index in [1.807, 2.05) is 0 Å². The SMILES string of the molecule is N#CCc1cc(F)cc(S(N)(=O)=O)c1. The van der Waals surface area contributed by atoms with Crippen molar-refractivity contribution in [2.45, 2.75) is 11.3 Å². The molecule has 1 aromatic rings. The third kappa shape index (κ3) is 2.52. The molecule has 1 rings (SSSR count). The molecule has 74 valence electrons. The molecule has 0 heterocycles. The van der Waals surface area contributed by atoms with Crippen molar-refractivity contribution in [3.05, 3.63) is 29.6 Å². The Morgan fingerprint density at radius 2 is 2.07 bits per heavy atom. The highest BCUT2D eigenvalue weighted by molar-refractivity contribution is 7.89. The molecule has 0 bridgehead atoms. The van der Waals surface area contributed by atoms with E-state index in [0.29, 0.717) is 0 Å². The molecule has 0 amide bonds. The fourth-order valence-electron chi connectivity index (χ4n) is 0.978. The van der Waals surface area contributed by atoms with Gasteiger partial charge in [-0.05, 0) is 23.8 Å². The maximum absolute atomic E-state index is 12.9. The molecule has 0 aliphatic carbocycles. The van der Waals surface area contributed by atoms with E-state index >= 15 is 0 Å². The number of nitrogens with two attached hydrogens (primary N) is 1. The molecule has 2 N–H and O–H groups in total. The zero-order valence-corrected chi connectivity index (χ0v) is 7.88. The van der Waals surface area contributed by atoms with E-state index in [-0.39, 0.29) is 16.9 Å². The minimum Gasteiger partial charge on any atom is -0.225 e. The summed E-state index contributed by atoms with van der Waals surface area (Å²) in [5.41, 5.74) is 0.288. The average Bonchev–Trinajstić information content (AvgIpc) is 2.02. The molecule has 14 heavy (non-hydrogen) atoms. The zero-order chi connectivity index (χ0) is 10.8. The topological polar surface area (TPSA) is 83.9 Å². The van der Waals surface area contributed by atoms with Gasteiger partial charge < -0.3 is 0 Å². The molecule has 0 atom stereocenters. The lowest BCUT2D eigenvalue weighted by Crippen LogP contribution is -2.12. The average molecular weight is 214 g/mol. The fourth-order valence-corrected chi connectivity index (χ4v) is 1.57.